The molecule has 1 atom stereocenters. The Morgan fingerprint density at radius 2 is 1.28 bits per heavy atom. The fraction of sp³-hybridized carbons (Fsp3) is 0.214. The number of ether oxygens (including phenoxy) is 1. The molecule has 0 saturated carbocycles. The van der Waals surface area contributed by atoms with Crippen LogP contribution in [0.4, 0.5) is 4.79 Å². The van der Waals surface area contributed by atoms with Gasteiger partial charge in [0.1, 0.15) is 12.6 Å². The zero-order chi connectivity index (χ0) is 25.8. The van der Waals surface area contributed by atoms with Gasteiger partial charge in [-0.2, -0.15) is 0 Å². The Morgan fingerprint density at radius 3 is 1.81 bits per heavy atom. The average Bonchev–Trinajstić information content (AvgIpc) is 2.89. The molecule has 0 aliphatic carbocycles. The number of hydrogen-bond donors (Lipinski definition) is 3. The Hall–Kier alpha value is -4.46. The highest BCUT2D eigenvalue weighted by Crippen LogP contribution is 2.21. The Balaban J connectivity index is 1.59. The maximum absolute atomic E-state index is 12.8. The van der Waals surface area contributed by atoms with Crippen LogP contribution in [0.5, 0.6) is 0 Å². The third-order valence-corrected chi connectivity index (χ3v) is 5.35. The van der Waals surface area contributed by atoms with Gasteiger partial charge in [-0.25, -0.2) is 4.79 Å². The van der Waals surface area contributed by atoms with Gasteiger partial charge in [0, 0.05) is 13.3 Å². The summed E-state index contributed by atoms with van der Waals surface area (Å²) in [6, 6.07) is 25.6. The Bertz CT molecular complexity index is 1110. The largest absolute Gasteiger partial charge is 0.461 e. The number of amides is 4. The minimum absolute atomic E-state index is 0.0207. The highest BCUT2D eigenvalue weighted by atomic mass is 16.5. The first kappa shape index (κ1) is 26.2. The van der Waals surface area contributed by atoms with Crippen LogP contribution in [-0.2, 0) is 25.7 Å². The van der Waals surface area contributed by atoms with E-state index in [-0.39, 0.29) is 19.4 Å². The normalized spacial score (nSPS) is 11.3. The molecule has 186 valence electrons. The van der Waals surface area contributed by atoms with Crippen LogP contribution in [-0.4, -0.2) is 29.9 Å². The quantitative estimate of drug-likeness (QED) is 0.378. The first-order valence-electron chi connectivity index (χ1n) is 11.6. The van der Waals surface area contributed by atoms with E-state index in [4.69, 9.17) is 4.74 Å². The number of benzene rings is 3. The highest BCUT2D eigenvalue weighted by Gasteiger charge is 2.24. The summed E-state index contributed by atoms with van der Waals surface area (Å²) in [7, 11) is 0. The van der Waals surface area contributed by atoms with E-state index in [1.807, 2.05) is 91.0 Å². The van der Waals surface area contributed by atoms with Crippen LogP contribution in [0.2, 0.25) is 0 Å². The first-order valence-corrected chi connectivity index (χ1v) is 11.6. The van der Waals surface area contributed by atoms with E-state index in [1.165, 1.54) is 6.92 Å². The van der Waals surface area contributed by atoms with E-state index < -0.39 is 35.9 Å². The second kappa shape index (κ2) is 13.4. The lowest BCUT2D eigenvalue weighted by Gasteiger charge is -2.21. The van der Waals surface area contributed by atoms with Crippen LogP contribution >= 0.6 is 0 Å². The number of carbonyl (C=O) groups is 4. The van der Waals surface area contributed by atoms with Crippen molar-refractivity contribution in [2.45, 2.75) is 38.5 Å². The Kier molecular flexibility index (Phi) is 9.76. The number of hydrogen-bond acceptors (Lipinski definition) is 5. The van der Waals surface area contributed by atoms with Crippen LogP contribution in [0.25, 0.3) is 0 Å². The first-order chi connectivity index (χ1) is 17.4. The van der Waals surface area contributed by atoms with E-state index in [0.29, 0.717) is 0 Å². The van der Waals surface area contributed by atoms with Gasteiger partial charge in [0.05, 0.1) is 6.04 Å². The van der Waals surface area contributed by atoms with Crippen molar-refractivity contribution in [1.29, 1.82) is 0 Å². The second-order valence-electron chi connectivity index (χ2n) is 8.16. The summed E-state index contributed by atoms with van der Waals surface area (Å²) in [6.07, 6.45) is -0.128. The minimum Gasteiger partial charge on any atom is -0.461 e. The van der Waals surface area contributed by atoms with Crippen molar-refractivity contribution in [3.63, 3.8) is 0 Å². The lowest BCUT2D eigenvalue weighted by atomic mass is 9.99. The molecule has 3 aromatic rings. The zero-order valence-electron chi connectivity index (χ0n) is 20.0. The van der Waals surface area contributed by atoms with Crippen molar-refractivity contribution >= 4 is 23.8 Å². The molecule has 0 aromatic heterocycles. The van der Waals surface area contributed by atoms with E-state index in [0.717, 1.165) is 16.7 Å². The van der Waals surface area contributed by atoms with Crippen LogP contribution < -0.4 is 16.0 Å². The van der Waals surface area contributed by atoms with E-state index in [2.05, 4.69) is 16.0 Å². The Labute approximate surface area is 210 Å². The highest BCUT2D eigenvalue weighted by molar-refractivity contribution is 5.98. The number of rotatable bonds is 10. The van der Waals surface area contributed by atoms with Gasteiger partial charge in [-0.15, -0.1) is 0 Å². The SMILES string of the molecule is CC(=O)N[C@H](CCC(=O)OCc1ccccc1)C(=O)NC(=O)NC(c1ccccc1)c1ccccc1. The predicted octanol–water partition coefficient (Wildman–Crippen LogP) is 3.63. The molecule has 0 aliphatic heterocycles. The van der Waals surface area contributed by atoms with Crippen molar-refractivity contribution in [1.82, 2.24) is 16.0 Å². The van der Waals surface area contributed by atoms with E-state index >= 15 is 0 Å². The molecule has 8 heteroatoms. The number of carbonyl (C=O) groups excluding carboxylic acids is 4. The average molecular weight is 488 g/mol. The van der Waals surface area contributed by atoms with Crippen molar-refractivity contribution in [2.24, 2.45) is 0 Å². The Morgan fingerprint density at radius 1 is 0.750 bits per heavy atom. The molecular formula is C28H29N3O5. The van der Waals surface area contributed by atoms with Crippen LogP contribution in [0.3, 0.4) is 0 Å². The fourth-order valence-electron chi connectivity index (χ4n) is 3.60. The van der Waals surface area contributed by atoms with Crippen LogP contribution in [0.1, 0.15) is 42.5 Å². The lowest BCUT2D eigenvalue weighted by Crippen LogP contribution is -2.51. The topological polar surface area (TPSA) is 114 Å². The van der Waals surface area contributed by atoms with E-state index in [1.54, 1.807) is 0 Å². The summed E-state index contributed by atoms with van der Waals surface area (Å²) >= 11 is 0. The van der Waals surface area contributed by atoms with Crippen LogP contribution in [0, 0.1) is 0 Å². The summed E-state index contributed by atoms with van der Waals surface area (Å²) in [6.45, 7) is 1.37. The molecule has 0 radical (unpaired) electrons. The smallest absolute Gasteiger partial charge is 0.322 e. The van der Waals surface area contributed by atoms with Gasteiger partial charge in [0.2, 0.25) is 5.91 Å². The van der Waals surface area contributed by atoms with Crippen LogP contribution in [0.15, 0.2) is 91.0 Å². The fourth-order valence-corrected chi connectivity index (χ4v) is 3.60. The number of nitrogens with one attached hydrogen (secondary N) is 3. The molecule has 0 unspecified atom stereocenters. The molecule has 0 aliphatic rings. The number of imide groups is 1. The molecule has 4 amide bonds. The summed E-state index contributed by atoms with van der Waals surface area (Å²) in [5.74, 6) is -1.70. The lowest BCUT2D eigenvalue weighted by molar-refractivity contribution is -0.145. The molecule has 3 aromatic carbocycles. The molecule has 0 heterocycles. The maximum Gasteiger partial charge on any atom is 0.322 e. The van der Waals surface area contributed by atoms with Gasteiger partial charge < -0.3 is 15.4 Å². The van der Waals surface area contributed by atoms with Crippen molar-refractivity contribution in [2.75, 3.05) is 0 Å². The van der Waals surface area contributed by atoms with Gasteiger partial charge in [-0.05, 0) is 23.1 Å². The second-order valence-corrected chi connectivity index (χ2v) is 8.16. The molecule has 3 N–H and O–H groups in total. The van der Waals surface area contributed by atoms with Gasteiger partial charge in [0.15, 0.2) is 0 Å². The van der Waals surface area contributed by atoms with Gasteiger partial charge in [-0.1, -0.05) is 91.0 Å². The summed E-state index contributed by atoms with van der Waals surface area (Å²) in [5, 5.41) is 7.59. The summed E-state index contributed by atoms with van der Waals surface area (Å²) in [4.78, 5) is 49.4. The molecule has 0 fully saturated rings. The number of urea groups is 1. The van der Waals surface area contributed by atoms with Gasteiger partial charge >= 0.3 is 12.0 Å². The maximum atomic E-state index is 12.8. The molecular weight excluding hydrogens is 458 g/mol. The van der Waals surface area contributed by atoms with Gasteiger partial charge in [-0.3, -0.25) is 19.7 Å². The van der Waals surface area contributed by atoms with Crippen molar-refractivity contribution in [3.8, 4) is 0 Å². The predicted molar refractivity (Wildman–Crippen MR) is 134 cm³/mol. The van der Waals surface area contributed by atoms with Crippen molar-refractivity contribution < 1.29 is 23.9 Å². The third-order valence-electron chi connectivity index (χ3n) is 5.35. The molecule has 36 heavy (non-hydrogen) atoms. The molecule has 8 nitrogen and oxygen atoms in total. The standard InChI is InChI=1S/C28H29N3O5/c1-20(32)29-24(17-18-25(33)36-19-21-11-5-2-6-12-21)27(34)31-28(35)30-26(22-13-7-3-8-14-22)23-15-9-4-10-16-23/h2-16,24,26H,17-19H2,1H3,(H,29,32)(H2,30,31,34,35)/t24-/m1/s1. The molecule has 0 spiro atoms. The van der Waals surface area contributed by atoms with Crippen molar-refractivity contribution in [3.05, 3.63) is 108 Å². The third kappa shape index (κ3) is 8.39. The minimum atomic E-state index is -1.08. The summed E-state index contributed by atoms with van der Waals surface area (Å²) < 4.78 is 5.23. The monoisotopic (exact) mass is 487 g/mol. The number of esters is 1. The molecule has 3 rings (SSSR count). The zero-order valence-corrected chi connectivity index (χ0v) is 20.0. The van der Waals surface area contributed by atoms with E-state index in [9.17, 15) is 19.2 Å². The van der Waals surface area contributed by atoms with Gasteiger partial charge in [0.25, 0.3) is 5.91 Å². The molecule has 0 bridgehead atoms. The molecule has 0 saturated heterocycles. The summed E-state index contributed by atoms with van der Waals surface area (Å²) in [5.41, 5.74) is 2.52.